The number of nitrogens with zero attached hydrogens (tertiary/aromatic N) is 4. The van der Waals surface area contributed by atoms with E-state index < -0.39 is 5.41 Å². The SMILES string of the molecule is c1ccc(-c2nc(-c3cccc(-n4c5ccccc5c5cc6c(cc54)-c4ccccc4C64c5ccccc5-c5ccccc54)c3)nc(-c3ccc4c(c3)sc3ccccc34)n2)cc1. The Morgan fingerprint density at radius 1 is 0.333 bits per heavy atom. The van der Waals surface area contributed by atoms with E-state index in [9.17, 15) is 0 Å². The molecule has 0 N–H and O–H groups in total. The van der Waals surface area contributed by atoms with E-state index in [1.54, 1.807) is 11.3 Å². The Balaban J connectivity index is 0.977. The summed E-state index contributed by atoms with van der Waals surface area (Å²) in [4.78, 5) is 15.5. The summed E-state index contributed by atoms with van der Waals surface area (Å²) < 4.78 is 4.91. The number of thiophene rings is 1. The zero-order valence-corrected chi connectivity index (χ0v) is 34.6. The summed E-state index contributed by atoms with van der Waals surface area (Å²) in [5.74, 6) is 1.93. The lowest BCUT2D eigenvalue weighted by atomic mass is 9.70. The van der Waals surface area contributed by atoms with Crippen LogP contribution in [0.3, 0.4) is 0 Å². The van der Waals surface area contributed by atoms with Crippen LogP contribution < -0.4 is 0 Å². The molecule has 63 heavy (non-hydrogen) atoms. The number of fused-ring (bicyclic) bond motifs is 16. The number of aromatic nitrogens is 4. The molecule has 0 fully saturated rings. The molecule has 3 aromatic heterocycles. The molecule has 0 atom stereocenters. The molecule has 2 aliphatic carbocycles. The molecule has 5 heteroatoms. The second kappa shape index (κ2) is 13.0. The van der Waals surface area contributed by atoms with Crippen molar-refractivity contribution in [3.63, 3.8) is 0 Å². The topological polar surface area (TPSA) is 43.6 Å². The highest BCUT2D eigenvalue weighted by molar-refractivity contribution is 7.25. The van der Waals surface area contributed by atoms with E-state index in [0.29, 0.717) is 17.5 Å². The van der Waals surface area contributed by atoms with Gasteiger partial charge in [0.1, 0.15) is 0 Å². The molecule has 4 nitrogen and oxygen atoms in total. The van der Waals surface area contributed by atoms with Crippen LogP contribution in [0, 0.1) is 0 Å². The van der Waals surface area contributed by atoms with Gasteiger partial charge < -0.3 is 4.57 Å². The first kappa shape index (κ1) is 34.7. The maximum atomic E-state index is 5.23. The Kier molecular flexibility index (Phi) is 7.16. The molecule has 0 radical (unpaired) electrons. The fourth-order valence-corrected chi connectivity index (χ4v) is 12.0. The van der Waals surface area contributed by atoms with Crippen molar-refractivity contribution in [1.29, 1.82) is 0 Å². The zero-order valence-electron chi connectivity index (χ0n) is 33.8. The van der Waals surface area contributed by atoms with Crippen LogP contribution in [0.25, 0.3) is 104 Å². The minimum atomic E-state index is -0.412. The van der Waals surface area contributed by atoms with Gasteiger partial charge >= 0.3 is 0 Å². The van der Waals surface area contributed by atoms with Crippen LogP contribution in [0.15, 0.2) is 206 Å². The summed E-state index contributed by atoms with van der Waals surface area (Å²) in [6.45, 7) is 0. The van der Waals surface area contributed by atoms with E-state index in [4.69, 9.17) is 15.0 Å². The lowest BCUT2D eigenvalue weighted by molar-refractivity contribution is 0.795. The molecule has 3 heterocycles. The van der Waals surface area contributed by atoms with Gasteiger partial charge in [-0.1, -0.05) is 164 Å². The van der Waals surface area contributed by atoms with E-state index in [0.717, 1.165) is 33.4 Å². The summed E-state index contributed by atoms with van der Waals surface area (Å²) in [6, 6.07) is 75.0. The van der Waals surface area contributed by atoms with Gasteiger partial charge in [-0.15, -0.1) is 11.3 Å². The Hall–Kier alpha value is -7.99. The quantitative estimate of drug-likeness (QED) is 0.178. The van der Waals surface area contributed by atoms with Crippen LogP contribution in [-0.2, 0) is 5.41 Å². The summed E-state index contributed by atoms with van der Waals surface area (Å²) in [6.07, 6.45) is 0. The standard InChI is InChI=1S/C58H34N4S/c1-2-15-35(16-3-1)55-59-56(61-57(60-55)37-29-30-44-43-23-8-13-28-53(43)63-54(44)32-37)36-17-14-18-38(31-36)62-51-27-12-7-22-42(51)46-33-50-45(34-52(46)62)41-21-6-11-26-49(41)58(50)47-24-9-4-19-39(47)40-20-5-10-25-48(40)58/h1-34H. The zero-order chi connectivity index (χ0) is 41.2. The van der Waals surface area contributed by atoms with E-state index >= 15 is 0 Å². The molecule has 1 spiro atoms. The fraction of sp³-hybridized carbons (Fsp3) is 0.0172. The van der Waals surface area contributed by atoms with Crippen molar-refractivity contribution in [3.05, 3.63) is 229 Å². The Morgan fingerprint density at radius 3 is 1.62 bits per heavy atom. The molecule has 0 unspecified atom stereocenters. The molecule has 0 amide bonds. The van der Waals surface area contributed by atoms with E-state index in [1.807, 2.05) is 18.2 Å². The molecule has 2 aliphatic rings. The highest BCUT2D eigenvalue weighted by atomic mass is 32.1. The van der Waals surface area contributed by atoms with Crippen LogP contribution in [0.1, 0.15) is 22.3 Å². The van der Waals surface area contributed by atoms with Crippen LogP contribution in [0.2, 0.25) is 0 Å². The molecule has 0 saturated heterocycles. The van der Waals surface area contributed by atoms with Crippen molar-refractivity contribution in [3.8, 4) is 62.1 Å². The van der Waals surface area contributed by atoms with Crippen LogP contribution in [0.5, 0.6) is 0 Å². The summed E-state index contributed by atoms with van der Waals surface area (Å²) in [5, 5.41) is 4.97. The third kappa shape index (κ3) is 4.83. The van der Waals surface area contributed by atoms with E-state index in [1.165, 1.54) is 75.5 Å². The molecular formula is C58H34N4S. The van der Waals surface area contributed by atoms with Crippen molar-refractivity contribution < 1.29 is 0 Å². The number of rotatable bonds is 4. The Labute approximate surface area is 367 Å². The lowest BCUT2D eigenvalue weighted by Crippen LogP contribution is -2.25. The predicted molar refractivity (Wildman–Crippen MR) is 260 cm³/mol. The van der Waals surface area contributed by atoms with E-state index in [2.05, 4.69) is 193 Å². The maximum absolute atomic E-state index is 5.23. The first-order valence-electron chi connectivity index (χ1n) is 21.4. The largest absolute Gasteiger partial charge is 0.309 e. The highest BCUT2D eigenvalue weighted by Gasteiger charge is 2.51. The number of para-hydroxylation sites is 1. The van der Waals surface area contributed by atoms with Gasteiger partial charge in [-0.25, -0.2) is 15.0 Å². The second-order valence-electron chi connectivity index (χ2n) is 16.7. The Bertz CT molecular complexity index is 3830. The monoisotopic (exact) mass is 818 g/mol. The molecular weight excluding hydrogens is 785 g/mol. The summed E-state index contributed by atoms with van der Waals surface area (Å²) in [7, 11) is 0. The summed E-state index contributed by atoms with van der Waals surface area (Å²) in [5.41, 5.74) is 16.4. The third-order valence-electron chi connectivity index (χ3n) is 13.5. The van der Waals surface area contributed by atoms with E-state index in [-0.39, 0.29) is 0 Å². The number of benzene rings is 9. The van der Waals surface area contributed by atoms with Crippen molar-refractivity contribution in [2.45, 2.75) is 5.41 Å². The van der Waals surface area contributed by atoms with Crippen LogP contribution in [-0.4, -0.2) is 19.5 Å². The third-order valence-corrected chi connectivity index (χ3v) is 14.6. The average Bonchev–Trinajstić information content (AvgIpc) is 4.07. The minimum Gasteiger partial charge on any atom is -0.309 e. The van der Waals surface area contributed by atoms with Gasteiger partial charge in [0.15, 0.2) is 17.5 Å². The Morgan fingerprint density at radius 2 is 0.889 bits per heavy atom. The normalized spacial score (nSPS) is 13.2. The number of hydrogen-bond acceptors (Lipinski definition) is 4. The summed E-state index contributed by atoms with van der Waals surface area (Å²) >= 11 is 1.80. The van der Waals surface area contributed by atoms with Crippen LogP contribution >= 0.6 is 11.3 Å². The van der Waals surface area contributed by atoms with Gasteiger partial charge in [-0.2, -0.15) is 0 Å². The van der Waals surface area contributed by atoms with Gasteiger partial charge in [0.2, 0.25) is 0 Å². The van der Waals surface area contributed by atoms with Gasteiger partial charge in [0, 0.05) is 53.3 Å². The number of hydrogen-bond donors (Lipinski definition) is 0. The van der Waals surface area contributed by atoms with Crippen LogP contribution in [0.4, 0.5) is 0 Å². The molecule has 0 aliphatic heterocycles. The lowest BCUT2D eigenvalue weighted by Gasteiger charge is -2.30. The van der Waals surface area contributed by atoms with Crippen molar-refractivity contribution in [2.75, 3.05) is 0 Å². The molecule has 12 aromatic rings. The fourth-order valence-electron chi connectivity index (χ4n) is 10.8. The molecule has 0 saturated carbocycles. The maximum Gasteiger partial charge on any atom is 0.164 e. The van der Waals surface area contributed by atoms with Gasteiger partial charge in [0.05, 0.1) is 16.4 Å². The minimum absolute atomic E-state index is 0.412. The molecule has 9 aromatic carbocycles. The molecule has 0 bridgehead atoms. The van der Waals surface area contributed by atoms with Crippen molar-refractivity contribution >= 4 is 53.3 Å². The highest BCUT2D eigenvalue weighted by Crippen LogP contribution is 2.63. The van der Waals surface area contributed by atoms with Gasteiger partial charge in [-0.3, -0.25) is 0 Å². The van der Waals surface area contributed by atoms with Crippen molar-refractivity contribution in [1.82, 2.24) is 19.5 Å². The van der Waals surface area contributed by atoms with Gasteiger partial charge in [-0.05, 0) is 87.0 Å². The molecule has 292 valence electrons. The first-order chi connectivity index (χ1) is 31.2. The smallest absolute Gasteiger partial charge is 0.164 e. The molecule has 14 rings (SSSR count). The van der Waals surface area contributed by atoms with Gasteiger partial charge in [0.25, 0.3) is 0 Å². The van der Waals surface area contributed by atoms with Crippen molar-refractivity contribution in [2.24, 2.45) is 0 Å². The second-order valence-corrected chi connectivity index (χ2v) is 17.8. The average molecular weight is 819 g/mol. The predicted octanol–water partition coefficient (Wildman–Crippen LogP) is 14.7. The first-order valence-corrected chi connectivity index (χ1v) is 22.2.